The van der Waals surface area contributed by atoms with Gasteiger partial charge in [-0.05, 0) is 13.8 Å². The van der Waals surface area contributed by atoms with E-state index in [1.807, 2.05) is 38.1 Å². The molecule has 3 heteroatoms. The van der Waals surface area contributed by atoms with Crippen molar-refractivity contribution in [3.63, 3.8) is 0 Å². The van der Waals surface area contributed by atoms with E-state index in [1.54, 1.807) is 17.0 Å². The second-order valence-electron chi connectivity index (χ2n) is 3.73. The van der Waals surface area contributed by atoms with Crippen molar-refractivity contribution in [1.29, 1.82) is 0 Å². The van der Waals surface area contributed by atoms with E-state index in [4.69, 9.17) is 0 Å². The minimum Gasteiger partial charge on any atom is -0.312 e. The van der Waals surface area contributed by atoms with Gasteiger partial charge in [-0.1, -0.05) is 29.8 Å². The van der Waals surface area contributed by atoms with Crippen LogP contribution in [-0.2, 0) is 6.54 Å². The first-order valence-corrected chi connectivity index (χ1v) is 5.35. The summed E-state index contributed by atoms with van der Waals surface area (Å²) in [5.41, 5.74) is 2.53. The fourth-order valence-corrected chi connectivity index (χ4v) is 1.61. The Morgan fingerprint density at radius 2 is 1.94 bits per heavy atom. The van der Waals surface area contributed by atoms with Gasteiger partial charge in [-0.3, -0.25) is 4.79 Å². The summed E-state index contributed by atoms with van der Waals surface area (Å²) in [5.74, 6) is 0. The molecule has 1 aromatic carbocycles. The van der Waals surface area contributed by atoms with Gasteiger partial charge in [0, 0.05) is 24.5 Å². The lowest BCUT2D eigenvalue weighted by molar-refractivity contribution is 0.720. The normalized spacial score (nSPS) is 10.4. The van der Waals surface area contributed by atoms with Gasteiger partial charge in [0.05, 0.1) is 0 Å². The van der Waals surface area contributed by atoms with Crippen molar-refractivity contribution in [3.8, 4) is 11.3 Å². The van der Waals surface area contributed by atoms with E-state index in [0.29, 0.717) is 12.2 Å². The SMILES string of the molecule is CCn1ccnc(-c2ccc(C)cc2)c1=O. The topological polar surface area (TPSA) is 34.9 Å². The van der Waals surface area contributed by atoms with Crippen LogP contribution in [0.3, 0.4) is 0 Å². The molecule has 0 amide bonds. The monoisotopic (exact) mass is 214 g/mol. The first-order chi connectivity index (χ1) is 7.72. The van der Waals surface area contributed by atoms with Gasteiger partial charge in [-0.2, -0.15) is 0 Å². The lowest BCUT2D eigenvalue weighted by Gasteiger charge is -2.04. The zero-order chi connectivity index (χ0) is 11.5. The van der Waals surface area contributed by atoms with Crippen LogP contribution in [0.15, 0.2) is 41.5 Å². The van der Waals surface area contributed by atoms with Crippen LogP contribution in [0.2, 0.25) is 0 Å². The molecule has 0 bridgehead atoms. The number of aryl methyl sites for hydroxylation is 2. The maximum atomic E-state index is 12.0. The molecule has 2 aromatic rings. The minimum atomic E-state index is -0.0335. The lowest BCUT2D eigenvalue weighted by Crippen LogP contribution is -2.21. The summed E-state index contributed by atoms with van der Waals surface area (Å²) in [6.07, 6.45) is 3.38. The fourth-order valence-electron chi connectivity index (χ4n) is 1.61. The summed E-state index contributed by atoms with van der Waals surface area (Å²) in [6, 6.07) is 7.83. The van der Waals surface area contributed by atoms with Crippen molar-refractivity contribution >= 4 is 0 Å². The van der Waals surface area contributed by atoms with Crippen LogP contribution >= 0.6 is 0 Å². The summed E-state index contributed by atoms with van der Waals surface area (Å²) in [4.78, 5) is 16.1. The van der Waals surface area contributed by atoms with Crippen LogP contribution in [0.4, 0.5) is 0 Å². The van der Waals surface area contributed by atoms with Gasteiger partial charge < -0.3 is 4.57 Å². The smallest absolute Gasteiger partial charge is 0.277 e. The molecule has 0 aliphatic heterocycles. The van der Waals surface area contributed by atoms with E-state index < -0.39 is 0 Å². The predicted octanol–water partition coefficient (Wildman–Crippen LogP) is 2.24. The summed E-state index contributed by atoms with van der Waals surface area (Å²) in [6.45, 7) is 4.63. The van der Waals surface area contributed by atoms with Gasteiger partial charge in [0.2, 0.25) is 0 Å². The molecule has 1 aromatic heterocycles. The van der Waals surface area contributed by atoms with Gasteiger partial charge in [0.15, 0.2) is 0 Å². The quantitative estimate of drug-likeness (QED) is 0.768. The Bertz CT molecular complexity index is 541. The Morgan fingerprint density at radius 3 is 2.56 bits per heavy atom. The Kier molecular flexibility index (Phi) is 2.86. The Labute approximate surface area is 94.4 Å². The number of benzene rings is 1. The van der Waals surface area contributed by atoms with E-state index in [0.717, 1.165) is 5.56 Å². The number of hydrogen-bond donors (Lipinski definition) is 0. The Hall–Kier alpha value is -1.90. The highest BCUT2D eigenvalue weighted by Gasteiger charge is 2.05. The number of hydrogen-bond acceptors (Lipinski definition) is 2. The van der Waals surface area contributed by atoms with Crippen LogP contribution in [0.5, 0.6) is 0 Å². The van der Waals surface area contributed by atoms with Crippen molar-refractivity contribution in [2.75, 3.05) is 0 Å². The van der Waals surface area contributed by atoms with Crippen LogP contribution in [0.1, 0.15) is 12.5 Å². The minimum absolute atomic E-state index is 0.0335. The maximum Gasteiger partial charge on any atom is 0.277 e. The van der Waals surface area contributed by atoms with Gasteiger partial charge in [-0.15, -0.1) is 0 Å². The molecule has 2 rings (SSSR count). The van der Waals surface area contributed by atoms with Gasteiger partial charge in [0.1, 0.15) is 5.69 Å². The molecule has 0 aliphatic carbocycles. The van der Waals surface area contributed by atoms with Gasteiger partial charge in [-0.25, -0.2) is 4.98 Å². The molecule has 0 N–H and O–H groups in total. The summed E-state index contributed by atoms with van der Waals surface area (Å²) < 4.78 is 1.65. The highest BCUT2D eigenvalue weighted by Crippen LogP contribution is 2.13. The van der Waals surface area contributed by atoms with E-state index in [2.05, 4.69) is 4.98 Å². The molecule has 0 fully saturated rings. The molecule has 0 unspecified atom stereocenters. The second-order valence-corrected chi connectivity index (χ2v) is 3.73. The van der Waals surface area contributed by atoms with Crippen molar-refractivity contribution in [1.82, 2.24) is 9.55 Å². The molecule has 0 atom stereocenters. The average molecular weight is 214 g/mol. The molecule has 0 spiro atoms. The number of rotatable bonds is 2. The van der Waals surface area contributed by atoms with E-state index >= 15 is 0 Å². The average Bonchev–Trinajstić information content (AvgIpc) is 2.31. The van der Waals surface area contributed by atoms with Crippen molar-refractivity contribution in [2.24, 2.45) is 0 Å². The highest BCUT2D eigenvalue weighted by molar-refractivity contribution is 5.58. The predicted molar refractivity (Wildman–Crippen MR) is 64.3 cm³/mol. The third kappa shape index (κ3) is 1.89. The maximum absolute atomic E-state index is 12.0. The third-order valence-electron chi connectivity index (χ3n) is 2.58. The van der Waals surface area contributed by atoms with Crippen molar-refractivity contribution < 1.29 is 0 Å². The van der Waals surface area contributed by atoms with Crippen molar-refractivity contribution in [2.45, 2.75) is 20.4 Å². The van der Waals surface area contributed by atoms with Gasteiger partial charge >= 0.3 is 0 Å². The van der Waals surface area contributed by atoms with E-state index in [9.17, 15) is 4.79 Å². The molecule has 0 saturated carbocycles. The van der Waals surface area contributed by atoms with Crippen LogP contribution in [0.25, 0.3) is 11.3 Å². The summed E-state index contributed by atoms with van der Waals surface area (Å²) in [5, 5.41) is 0. The molecule has 0 saturated heterocycles. The molecular formula is C13H14N2O. The van der Waals surface area contributed by atoms with E-state index in [-0.39, 0.29) is 5.56 Å². The molecule has 0 aliphatic rings. The highest BCUT2D eigenvalue weighted by atomic mass is 16.1. The second kappa shape index (κ2) is 4.31. The lowest BCUT2D eigenvalue weighted by atomic mass is 10.1. The van der Waals surface area contributed by atoms with Crippen LogP contribution in [-0.4, -0.2) is 9.55 Å². The molecule has 3 nitrogen and oxygen atoms in total. The molecular weight excluding hydrogens is 200 g/mol. The van der Waals surface area contributed by atoms with Crippen LogP contribution in [0, 0.1) is 6.92 Å². The van der Waals surface area contributed by atoms with Gasteiger partial charge in [0.25, 0.3) is 5.56 Å². The number of aromatic nitrogens is 2. The molecule has 16 heavy (non-hydrogen) atoms. The first kappa shape index (κ1) is 10.6. The third-order valence-corrected chi connectivity index (χ3v) is 2.58. The standard InChI is InChI=1S/C13H14N2O/c1-3-15-9-8-14-12(13(15)16)11-6-4-10(2)5-7-11/h4-9H,3H2,1-2H3. The Balaban J connectivity index is 2.56. The van der Waals surface area contributed by atoms with Crippen molar-refractivity contribution in [3.05, 3.63) is 52.6 Å². The molecule has 0 radical (unpaired) electrons. The zero-order valence-electron chi connectivity index (χ0n) is 9.47. The zero-order valence-corrected chi connectivity index (χ0v) is 9.47. The van der Waals surface area contributed by atoms with E-state index in [1.165, 1.54) is 5.56 Å². The largest absolute Gasteiger partial charge is 0.312 e. The molecule has 1 heterocycles. The Morgan fingerprint density at radius 1 is 1.25 bits per heavy atom. The molecule has 82 valence electrons. The number of nitrogens with zero attached hydrogens (tertiary/aromatic N) is 2. The fraction of sp³-hybridized carbons (Fsp3) is 0.231. The summed E-state index contributed by atoms with van der Waals surface area (Å²) >= 11 is 0. The van der Waals surface area contributed by atoms with Crippen LogP contribution < -0.4 is 5.56 Å². The summed E-state index contributed by atoms with van der Waals surface area (Å²) in [7, 11) is 0. The first-order valence-electron chi connectivity index (χ1n) is 5.35.